The lowest BCUT2D eigenvalue weighted by atomic mass is 9.92. The van der Waals surface area contributed by atoms with E-state index in [0.717, 1.165) is 27.3 Å². The van der Waals surface area contributed by atoms with Crippen LogP contribution in [0.15, 0.2) is 138 Å². The van der Waals surface area contributed by atoms with Crippen LogP contribution >= 0.6 is 0 Å². The summed E-state index contributed by atoms with van der Waals surface area (Å²) in [5, 5.41) is 7.34. The fourth-order valence-corrected chi connectivity index (χ4v) is 6.64. The molecule has 1 aromatic heterocycles. The lowest BCUT2D eigenvalue weighted by Crippen LogP contribution is -1.85. The third kappa shape index (κ3) is 2.90. The van der Waals surface area contributed by atoms with Crippen LogP contribution in [-0.4, -0.2) is 0 Å². The quantitative estimate of drug-likeness (QED) is 0.233. The van der Waals surface area contributed by atoms with E-state index in [1.807, 2.05) is 12.1 Å². The van der Waals surface area contributed by atoms with E-state index in [0.29, 0.717) is 0 Å². The minimum atomic E-state index is 0.932. The number of fused-ring (bicyclic) bond motifs is 8. The van der Waals surface area contributed by atoms with Crippen molar-refractivity contribution in [1.29, 1.82) is 0 Å². The van der Waals surface area contributed by atoms with Crippen molar-refractivity contribution in [2.45, 2.75) is 0 Å². The van der Waals surface area contributed by atoms with E-state index in [2.05, 4.69) is 121 Å². The Bertz CT molecular complexity index is 2280. The molecular formula is C38H22O. The Labute approximate surface area is 225 Å². The highest BCUT2D eigenvalue weighted by Gasteiger charge is 2.21. The van der Waals surface area contributed by atoms with Crippen molar-refractivity contribution < 1.29 is 4.42 Å². The van der Waals surface area contributed by atoms with E-state index < -0.39 is 0 Å². The molecule has 0 saturated carbocycles. The summed E-state index contributed by atoms with van der Waals surface area (Å²) in [5.41, 5.74) is 12.1. The zero-order valence-corrected chi connectivity index (χ0v) is 21.1. The molecule has 0 amide bonds. The summed E-state index contributed by atoms with van der Waals surface area (Å²) >= 11 is 0. The number of furan rings is 1. The summed E-state index contributed by atoms with van der Waals surface area (Å²) in [6.07, 6.45) is 0. The maximum absolute atomic E-state index is 6.35. The summed E-state index contributed by atoms with van der Waals surface area (Å²) in [6.45, 7) is 0. The Balaban J connectivity index is 1.24. The molecule has 1 aliphatic rings. The van der Waals surface area contributed by atoms with Gasteiger partial charge in [0.15, 0.2) is 0 Å². The maximum atomic E-state index is 6.35. The van der Waals surface area contributed by atoms with Crippen molar-refractivity contribution in [2.75, 3.05) is 0 Å². The number of para-hydroxylation sites is 1. The van der Waals surface area contributed by atoms with E-state index in [1.165, 1.54) is 60.7 Å². The van der Waals surface area contributed by atoms with Crippen LogP contribution in [0.3, 0.4) is 0 Å². The number of rotatable bonds is 2. The first kappa shape index (κ1) is 20.9. The van der Waals surface area contributed by atoms with Gasteiger partial charge in [0.25, 0.3) is 0 Å². The Morgan fingerprint density at radius 3 is 1.97 bits per heavy atom. The second-order valence-electron chi connectivity index (χ2n) is 10.5. The van der Waals surface area contributed by atoms with Crippen molar-refractivity contribution in [3.63, 3.8) is 0 Å². The molecule has 0 saturated heterocycles. The van der Waals surface area contributed by atoms with Gasteiger partial charge in [0.05, 0.1) is 0 Å². The first-order chi connectivity index (χ1) is 19.3. The van der Waals surface area contributed by atoms with Crippen LogP contribution in [0.1, 0.15) is 0 Å². The zero-order valence-electron chi connectivity index (χ0n) is 21.1. The van der Waals surface area contributed by atoms with Gasteiger partial charge in [-0.3, -0.25) is 0 Å². The molecule has 39 heavy (non-hydrogen) atoms. The standard InChI is InChI=1S/C38H22O/c1-2-12-29-28(11-1)32-15-6-10-25-21-26(22-35(29)37(25)32)23-8-5-9-24(20-23)27-14-7-16-33-30(27)18-19-34-31-13-3-4-17-36(31)39-38(33)34/h1-22H. The van der Waals surface area contributed by atoms with Crippen LogP contribution in [-0.2, 0) is 0 Å². The summed E-state index contributed by atoms with van der Waals surface area (Å²) < 4.78 is 6.35. The summed E-state index contributed by atoms with van der Waals surface area (Å²) in [4.78, 5) is 0. The molecule has 0 radical (unpaired) electrons. The third-order valence-corrected chi connectivity index (χ3v) is 8.39. The predicted molar refractivity (Wildman–Crippen MR) is 164 cm³/mol. The first-order valence-electron chi connectivity index (χ1n) is 13.4. The number of hydrogen-bond acceptors (Lipinski definition) is 1. The van der Waals surface area contributed by atoms with Gasteiger partial charge in [-0.05, 0) is 91.0 Å². The molecule has 1 aliphatic carbocycles. The summed E-state index contributed by atoms with van der Waals surface area (Å²) in [7, 11) is 0. The minimum absolute atomic E-state index is 0.932. The van der Waals surface area contributed by atoms with Crippen LogP contribution in [0.2, 0.25) is 0 Å². The molecule has 0 unspecified atom stereocenters. The van der Waals surface area contributed by atoms with Crippen molar-refractivity contribution in [3.05, 3.63) is 133 Å². The zero-order chi connectivity index (χ0) is 25.5. The topological polar surface area (TPSA) is 13.1 Å². The highest BCUT2D eigenvalue weighted by molar-refractivity contribution is 6.18. The van der Waals surface area contributed by atoms with Gasteiger partial charge in [-0.15, -0.1) is 0 Å². The average Bonchev–Trinajstić information content (AvgIpc) is 3.54. The van der Waals surface area contributed by atoms with Gasteiger partial charge in [-0.1, -0.05) is 103 Å². The number of hydrogen-bond donors (Lipinski definition) is 0. The molecule has 0 fully saturated rings. The highest BCUT2D eigenvalue weighted by atomic mass is 16.3. The molecule has 0 spiro atoms. The van der Waals surface area contributed by atoms with Gasteiger partial charge in [0, 0.05) is 16.2 Å². The molecular weight excluding hydrogens is 472 g/mol. The van der Waals surface area contributed by atoms with Crippen LogP contribution in [0, 0.1) is 0 Å². The maximum Gasteiger partial charge on any atom is 0.143 e. The molecule has 180 valence electrons. The predicted octanol–water partition coefficient (Wildman–Crippen LogP) is 10.9. The number of benzene rings is 7. The molecule has 1 nitrogen and oxygen atoms in total. The first-order valence-corrected chi connectivity index (χ1v) is 13.4. The lowest BCUT2D eigenvalue weighted by Gasteiger charge is -2.11. The molecule has 0 atom stereocenters. The molecule has 0 N–H and O–H groups in total. The van der Waals surface area contributed by atoms with E-state index in [4.69, 9.17) is 4.42 Å². The lowest BCUT2D eigenvalue weighted by molar-refractivity contribution is 0.672. The second-order valence-corrected chi connectivity index (χ2v) is 10.5. The largest absolute Gasteiger partial charge is 0.455 e. The Morgan fingerprint density at radius 1 is 0.359 bits per heavy atom. The molecule has 7 aromatic carbocycles. The summed E-state index contributed by atoms with van der Waals surface area (Å²) in [5.74, 6) is 0. The van der Waals surface area contributed by atoms with Crippen molar-refractivity contribution >= 4 is 43.5 Å². The van der Waals surface area contributed by atoms with Crippen LogP contribution in [0.4, 0.5) is 0 Å². The van der Waals surface area contributed by atoms with E-state index in [1.54, 1.807) is 0 Å². The smallest absolute Gasteiger partial charge is 0.143 e. The molecule has 9 rings (SSSR count). The van der Waals surface area contributed by atoms with Crippen molar-refractivity contribution in [2.24, 2.45) is 0 Å². The van der Waals surface area contributed by atoms with Gasteiger partial charge in [-0.2, -0.15) is 0 Å². The van der Waals surface area contributed by atoms with E-state index in [-0.39, 0.29) is 0 Å². The highest BCUT2D eigenvalue weighted by Crippen LogP contribution is 2.48. The van der Waals surface area contributed by atoms with Gasteiger partial charge in [0.1, 0.15) is 11.2 Å². The normalized spacial score (nSPS) is 12.1. The van der Waals surface area contributed by atoms with Crippen LogP contribution in [0.5, 0.6) is 0 Å². The third-order valence-electron chi connectivity index (χ3n) is 8.39. The Morgan fingerprint density at radius 2 is 1.03 bits per heavy atom. The van der Waals surface area contributed by atoms with E-state index in [9.17, 15) is 0 Å². The van der Waals surface area contributed by atoms with Crippen LogP contribution < -0.4 is 0 Å². The van der Waals surface area contributed by atoms with Crippen LogP contribution in [0.25, 0.3) is 88.0 Å². The molecule has 0 bridgehead atoms. The van der Waals surface area contributed by atoms with E-state index >= 15 is 0 Å². The molecule has 1 heterocycles. The Kier molecular flexibility index (Phi) is 4.11. The second kappa shape index (κ2) is 7.69. The molecule has 0 aliphatic heterocycles. The van der Waals surface area contributed by atoms with Gasteiger partial charge >= 0.3 is 0 Å². The van der Waals surface area contributed by atoms with Gasteiger partial charge in [-0.25, -0.2) is 0 Å². The summed E-state index contributed by atoms with van der Waals surface area (Å²) in [6, 6.07) is 48.4. The fourth-order valence-electron chi connectivity index (χ4n) is 6.64. The molecule has 8 aromatic rings. The SMILES string of the molecule is c1cc(-c2cc3c4c(cccc4c2)-c2ccccc2-3)cc(-c2cccc3c2ccc2c4ccccc4oc32)c1. The van der Waals surface area contributed by atoms with Crippen molar-refractivity contribution in [3.8, 4) is 44.5 Å². The fraction of sp³-hybridized carbons (Fsp3) is 0. The Hall–Kier alpha value is -5.14. The van der Waals surface area contributed by atoms with Crippen molar-refractivity contribution in [1.82, 2.24) is 0 Å². The van der Waals surface area contributed by atoms with Gasteiger partial charge in [0.2, 0.25) is 0 Å². The molecule has 1 heteroatoms. The van der Waals surface area contributed by atoms with Gasteiger partial charge < -0.3 is 4.42 Å². The monoisotopic (exact) mass is 494 g/mol. The average molecular weight is 495 g/mol. The minimum Gasteiger partial charge on any atom is -0.455 e.